The SMILES string of the molecule is COc1cc(C=NNC(=O)c2ccn(Cc3ccc([N+](=O)[O-])cc3)n2)ccc1O. The summed E-state index contributed by atoms with van der Waals surface area (Å²) in [7, 11) is 1.44. The zero-order valence-electron chi connectivity index (χ0n) is 15.3. The number of phenols is 1. The number of ether oxygens (including phenoxy) is 1. The zero-order valence-corrected chi connectivity index (χ0v) is 15.3. The Morgan fingerprint density at radius 3 is 2.76 bits per heavy atom. The molecule has 1 heterocycles. The summed E-state index contributed by atoms with van der Waals surface area (Å²) in [6.45, 7) is 0.363. The van der Waals surface area contributed by atoms with Crippen LogP contribution in [-0.2, 0) is 6.54 Å². The number of hydrazone groups is 1. The maximum Gasteiger partial charge on any atom is 0.291 e. The summed E-state index contributed by atoms with van der Waals surface area (Å²) in [5, 5.41) is 28.3. The molecule has 0 aliphatic rings. The largest absolute Gasteiger partial charge is 0.504 e. The summed E-state index contributed by atoms with van der Waals surface area (Å²) in [6, 6.07) is 12.3. The Morgan fingerprint density at radius 1 is 1.31 bits per heavy atom. The normalized spacial score (nSPS) is 10.8. The number of amides is 1. The van der Waals surface area contributed by atoms with Crippen LogP contribution in [0.5, 0.6) is 11.5 Å². The summed E-state index contributed by atoms with van der Waals surface area (Å²) in [6.07, 6.45) is 3.04. The molecular weight excluding hydrogens is 378 g/mol. The molecule has 0 unspecified atom stereocenters. The van der Waals surface area contributed by atoms with E-state index in [-0.39, 0.29) is 17.1 Å². The van der Waals surface area contributed by atoms with Crippen molar-refractivity contribution in [3.05, 3.63) is 81.7 Å². The van der Waals surface area contributed by atoms with Gasteiger partial charge in [-0.1, -0.05) is 12.1 Å². The molecule has 0 fully saturated rings. The van der Waals surface area contributed by atoms with Gasteiger partial charge in [-0.25, -0.2) is 5.43 Å². The Morgan fingerprint density at radius 2 is 2.07 bits per heavy atom. The highest BCUT2D eigenvalue weighted by molar-refractivity contribution is 5.93. The minimum absolute atomic E-state index is 0.00671. The van der Waals surface area contributed by atoms with E-state index < -0.39 is 10.8 Å². The molecule has 3 rings (SSSR count). The van der Waals surface area contributed by atoms with Crippen LogP contribution in [0.3, 0.4) is 0 Å². The fourth-order valence-corrected chi connectivity index (χ4v) is 2.48. The Labute approximate surface area is 165 Å². The van der Waals surface area contributed by atoms with Gasteiger partial charge in [-0.2, -0.15) is 10.2 Å². The second-order valence-corrected chi connectivity index (χ2v) is 5.95. The fraction of sp³-hybridized carbons (Fsp3) is 0.105. The van der Waals surface area contributed by atoms with Gasteiger partial charge in [-0.05, 0) is 35.4 Å². The first-order valence-electron chi connectivity index (χ1n) is 8.43. The Hall–Kier alpha value is -4.21. The van der Waals surface area contributed by atoms with E-state index in [0.29, 0.717) is 17.9 Å². The van der Waals surface area contributed by atoms with Gasteiger partial charge in [0.25, 0.3) is 11.6 Å². The van der Waals surface area contributed by atoms with E-state index in [1.54, 1.807) is 41.2 Å². The van der Waals surface area contributed by atoms with E-state index >= 15 is 0 Å². The molecular formula is C19H17N5O5. The number of benzene rings is 2. The third-order valence-electron chi connectivity index (χ3n) is 3.95. The first-order chi connectivity index (χ1) is 14.0. The molecule has 0 atom stereocenters. The maximum absolute atomic E-state index is 12.2. The molecule has 1 aromatic heterocycles. The van der Waals surface area contributed by atoms with Crippen molar-refractivity contribution in [2.45, 2.75) is 6.54 Å². The smallest absolute Gasteiger partial charge is 0.291 e. The highest BCUT2D eigenvalue weighted by Crippen LogP contribution is 2.25. The highest BCUT2D eigenvalue weighted by atomic mass is 16.6. The topological polar surface area (TPSA) is 132 Å². The van der Waals surface area contributed by atoms with Crippen molar-refractivity contribution in [2.75, 3.05) is 7.11 Å². The summed E-state index contributed by atoms with van der Waals surface area (Å²) in [5.74, 6) is -0.188. The number of carbonyl (C=O) groups is 1. The van der Waals surface area contributed by atoms with Crippen molar-refractivity contribution in [2.24, 2.45) is 5.10 Å². The molecule has 0 saturated heterocycles. The van der Waals surface area contributed by atoms with E-state index in [4.69, 9.17) is 4.74 Å². The molecule has 29 heavy (non-hydrogen) atoms. The Kier molecular flexibility index (Phi) is 5.83. The number of phenolic OH excluding ortho intramolecular Hbond substituents is 1. The summed E-state index contributed by atoms with van der Waals surface area (Å²) in [5.41, 5.74) is 4.00. The first kappa shape index (κ1) is 19.5. The number of non-ortho nitro benzene ring substituents is 1. The number of rotatable bonds is 7. The quantitative estimate of drug-likeness (QED) is 0.358. The van der Waals surface area contributed by atoms with Crippen molar-refractivity contribution in [3.63, 3.8) is 0 Å². The Balaban J connectivity index is 1.59. The van der Waals surface area contributed by atoms with Gasteiger partial charge in [-0.3, -0.25) is 19.6 Å². The molecule has 10 nitrogen and oxygen atoms in total. The summed E-state index contributed by atoms with van der Waals surface area (Å²) < 4.78 is 6.55. The monoisotopic (exact) mass is 395 g/mol. The average molecular weight is 395 g/mol. The minimum atomic E-state index is -0.491. The fourth-order valence-electron chi connectivity index (χ4n) is 2.48. The highest BCUT2D eigenvalue weighted by Gasteiger charge is 2.10. The van der Waals surface area contributed by atoms with Crippen LogP contribution < -0.4 is 10.2 Å². The lowest BCUT2D eigenvalue weighted by Crippen LogP contribution is -2.18. The molecule has 2 N–H and O–H groups in total. The van der Waals surface area contributed by atoms with Gasteiger partial charge in [0.1, 0.15) is 0 Å². The second kappa shape index (κ2) is 8.65. The molecule has 1 amide bonds. The number of methoxy groups -OCH3 is 1. The van der Waals surface area contributed by atoms with Gasteiger partial charge in [0.2, 0.25) is 0 Å². The maximum atomic E-state index is 12.2. The number of nitro benzene ring substituents is 1. The molecule has 0 spiro atoms. The predicted octanol–water partition coefficient (Wildman–Crippen LogP) is 2.32. The number of aromatic nitrogens is 2. The van der Waals surface area contributed by atoms with E-state index in [1.165, 1.54) is 31.5 Å². The number of nitrogens with zero attached hydrogens (tertiary/aromatic N) is 4. The van der Waals surface area contributed by atoms with E-state index in [2.05, 4.69) is 15.6 Å². The molecule has 0 aliphatic carbocycles. The molecule has 0 bridgehead atoms. The van der Waals surface area contributed by atoms with E-state index in [1.807, 2.05) is 0 Å². The van der Waals surface area contributed by atoms with Gasteiger partial charge < -0.3 is 9.84 Å². The number of nitro groups is 1. The number of hydrogen-bond donors (Lipinski definition) is 2. The standard InChI is InChI=1S/C19H17N5O5/c1-29-18-10-14(4-7-17(18)25)11-20-21-19(26)16-8-9-23(22-16)12-13-2-5-15(6-3-13)24(27)28/h2-11,25H,12H2,1H3,(H,21,26). The lowest BCUT2D eigenvalue weighted by atomic mass is 10.2. The van der Waals surface area contributed by atoms with Crippen molar-refractivity contribution in [1.82, 2.24) is 15.2 Å². The van der Waals surface area contributed by atoms with Gasteiger partial charge >= 0.3 is 0 Å². The number of carbonyl (C=O) groups excluding carboxylic acids is 1. The predicted molar refractivity (Wildman–Crippen MR) is 104 cm³/mol. The average Bonchev–Trinajstić information content (AvgIpc) is 3.18. The zero-order chi connectivity index (χ0) is 20.8. The van der Waals surface area contributed by atoms with E-state index in [9.17, 15) is 20.0 Å². The molecule has 3 aromatic rings. The molecule has 10 heteroatoms. The second-order valence-electron chi connectivity index (χ2n) is 5.95. The minimum Gasteiger partial charge on any atom is -0.504 e. The van der Waals surface area contributed by atoms with Crippen LogP contribution in [0, 0.1) is 10.1 Å². The van der Waals surface area contributed by atoms with E-state index in [0.717, 1.165) is 5.56 Å². The van der Waals surface area contributed by atoms with Crippen molar-refractivity contribution in [3.8, 4) is 11.5 Å². The van der Waals surface area contributed by atoms with Crippen LogP contribution in [0.2, 0.25) is 0 Å². The molecule has 2 aromatic carbocycles. The van der Waals surface area contributed by atoms with Gasteiger partial charge in [0.15, 0.2) is 17.2 Å². The third-order valence-corrected chi connectivity index (χ3v) is 3.95. The van der Waals surface area contributed by atoms with Gasteiger partial charge in [0.05, 0.1) is 24.8 Å². The van der Waals surface area contributed by atoms with Gasteiger partial charge in [-0.15, -0.1) is 0 Å². The number of hydrogen-bond acceptors (Lipinski definition) is 7. The van der Waals surface area contributed by atoms with Gasteiger partial charge in [0, 0.05) is 18.3 Å². The lowest BCUT2D eigenvalue weighted by Gasteiger charge is -2.03. The molecule has 0 aliphatic heterocycles. The Bertz CT molecular complexity index is 1060. The lowest BCUT2D eigenvalue weighted by molar-refractivity contribution is -0.384. The van der Waals surface area contributed by atoms with Crippen LogP contribution in [-0.4, -0.2) is 39.0 Å². The van der Waals surface area contributed by atoms with Crippen molar-refractivity contribution >= 4 is 17.8 Å². The number of nitrogens with one attached hydrogen (secondary N) is 1. The van der Waals surface area contributed by atoms with Crippen LogP contribution >= 0.6 is 0 Å². The van der Waals surface area contributed by atoms with Crippen LogP contribution in [0.1, 0.15) is 21.6 Å². The summed E-state index contributed by atoms with van der Waals surface area (Å²) >= 11 is 0. The molecule has 0 radical (unpaired) electrons. The molecule has 148 valence electrons. The van der Waals surface area contributed by atoms with Crippen LogP contribution in [0.4, 0.5) is 5.69 Å². The van der Waals surface area contributed by atoms with Crippen molar-refractivity contribution < 1.29 is 19.6 Å². The van der Waals surface area contributed by atoms with Crippen molar-refractivity contribution in [1.29, 1.82) is 0 Å². The van der Waals surface area contributed by atoms with Crippen LogP contribution in [0.15, 0.2) is 59.8 Å². The first-order valence-corrected chi connectivity index (χ1v) is 8.43. The molecule has 0 saturated carbocycles. The van der Waals surface area contributed by atoms with Crippen LogP contribution in [0.25, 0.3) is 0 Å². The number of aromatic hydroxyl groups is 1. The summed E-state index contributed by atoms with van der Waals surface area (Å²) in [4.78, 5) is 22.4. The third kappa shape index (κ3) is 4.95.